The fourth-order valence-electron chi connectivity index (χ4n) is 4.44. The molecule has 0 aromatic heterocycles. The Morgan fingerprint density at radius 3 is 1.50 bits per heavy atom. The standard InChI is InChI=1S/C26H52O3.C7H6O2/c1-4-7-9-10-11-12-13-14-15-16-17-18-19-21-23-25(27)26(28)29-24(6-3)22-20-8-5-2;8-7(9)6-4-2-1-3-5-6/h24-25,27H,4-23H2,1-3H3;1-5H,(H,8,9). The lowest BCUT2D eigenvalue weighted by molar-refractivity contribution is -0.160. The average Bonchev–Trinajstić information content (AvgIpc) is 2.93. The van der Waals surface area contributed by atoms with Gasteiger partial charge in [-0.05, 0) is 37.8 Å². The number of carbonyl (C=O) groups excluding carboxylic acids is 1. The Labute approximate surface area is 233 Å². The molecule has 2 unspecified atom stereocenters. The molecule has 5 heteroatoms. The van der Waals surface area contributed by atoms with E-state index in [0.29, 0.717) is 12.0 Å². The SMILES string of the molecule is CCCCCCCCCCCCCCCCC(O)C(=O)OC(CC)CCCCC.O=C(O)c1ccccc1. The molecule has 0 saturated heterocycles. The minimum absolute atomic E-state index is 0.0277. The van der Waals surface area contributed by atoms with Crippen LogP contribution in [0.1, 0.15) is 160 Å². The van der Waals surface area contributed by atoms with Gasteiger partial charge in [0.25, 0.3) is 0 Å². The molecule has 0 fully saturated rings. The molecular formula is C33H58O5. The van der Waals surface area contributed by atoms with E-state index in [2.05, 4.69) is 13.8 Å². The summed E-state index contributed by atoms with van der Waals surface area (Å²) in [6.07, 6.45) is 23.2. The summed E-state index contributed by atoms with van der Waals surface area (Å²) in [6, 6.07) is 8.30. The predicted molar refractivity (Wildman–Crippen MR) is 159 cm³/mol. The second-order valence-corrected chi connectivity index (χ2v) is 10.5. The number of aliphatic hydroxyl groups is 1. The van der Waals surface area contributed by atoms with Crippen LogP contribution < -0.4 is 0 Å². The third-order valence-electron chi connectivity index (χ3n) is 6.99. The minimum atomic E-state index is -0.937. The monoisotopic (exact) mass is 534 g/mol. The quantitative estimate of drug-likeness (QED) is 0.108. The molecule has 0 heterocycles. The Hall–Kier alpha value is -1.88. The van der Waals surface area contributed by atoms with Crippen LogP contribution in [0.25, 0.3) is 0 Å². The van der Waals surface area contributed by atoms with Gasteiger partial charge in [0.05, 0.1) is 5.56 Å². The van der Waals surface area contributed by atoms with E-state index < -0.39 is 18.0 Å². The second kappa shape index (κ2) is 26.7. The summed E-state index contributed by atoms with van der Waals surface area (Å²) in [7, 11) is 0. The van der Waals surface area contributed by atoms with Crippen molar-refractivity contribution in [1.82, 2.24) is 0 Å². The molecule has 2 atom stereocenters. The largest absolute Gasteiger partial charge is 0.478 e. The van der Waals surface area contributed by atoms with Crippen LogP contribution in [0.5, 0.6) is 0 Å². The first-order valence-electron chi connectivity index (χ1n) is 15.6. The zero-order valence-corrected chi connectivity index (χ0v) is 24.8. The molecule has 0 saturated carbocycles. The van der Waals surface area contributed by atoms with E-state index in [9.17, 15) is 14.7 Å². The van der Waals surface area contributed by atoms with Crippen molar-refractivity contribution >= 4 is 11.9 Å². The van der Waals surface area contributed by atoms with Gasteiger partial charge in [0.1, 0.15) is 6.10 Å². The van der Waals surface area contributed by atoms with Crippen molar-refractivity contribution < 1.29 is 24.5 Å². The van der Waals surface area contributed by atoms with Crippen molar-refractivity contribution in [3.8, 4) is 0 Å². The first-order chi connectivity index (χ1) is 18.5. The highest BCUT2D eigenvalue weighted by Crippen LogP contribution is 2.15. The lowest BCUT2D eigenvalue weighted by Gasteiger charge is -2.18. The number of unbranched alkanes of at least 4 members (excludes halogenated alkanes) is 15. The van der Waals surface area contributed by atoms with Crippen LogP contribution in [0.3, 0.4) is 0 Å². The van der Waals surface area contributed by atoms with Gasteiger partial charge in [-0.25, -0.2) is 9.59 Å². The summed E-state index contributed by atoms with van der Waals surface area (Å²) in [5.41, 5.74) is 0.331. The summed E-state index contributed by atoms with van der Waals surface area (Å²) in [5, 5.41) is 18.4. The van der Waals surface area contributed by atoms with Crippen LogP contribution >= 0.6 is 0 Å². The Kier molecular flexibility index (Phi) is 25.4. The Balaban J connectivity index is 0.00000127. The van der Waals surface area contributed by atoms with Crippen LogP contribution in [-0.2, 0) is 9.53 Å². The number of carbonyl (C=O) groups is 2. The van der Waals surface area contributed by atoms with Crippen LogP contribution in [0.2, 0.25) is 0 Å². The molecular weight excluding hydrogens is 476 g/mol. The van der Waals surface area contributed by atoms with Gasteiger partial charge >= 0.3 is 11.9 Å². The maximum atomic E-state index is 12.0. The molecule has 1 aromatic rings. The lowest BCUT2D eigenvalue weighted by Crippen LogP contribution is -2.27. The van der Waals surface area contributed by atoms with Crippen LogP contribution in [0.4, 0.5) is 0 Å². The molecule has 0 spiro atoms. The number of hydrogen-bond acceptors (Lipinski definition) is 4. The van der Waals surface area contributed by atoms with Gasteiger partial charge < -0.3 is 14.9 Å². The van der Waals surface area contributed by atoms with Gasteiger partial charge in [-0.3, -0.25) is 0 Å². The minimum Gasteiger partial charge on any atom is -0.478 e. The second-order valence-electron chi connectivity index (χ2n) is 10.5. The molecule has 2 N–H and O–H groups in total. The van der Waals surface area contributed by atoms with E-state index in [1.165, 1.54) is 89.9 Å². The molecule has 1 aromatic carbocycles. The first-order valence-corrected chi connectivity index (χ1v) is 15.6. The van der Waals surface area contributed by atoms with Crippen LogP contribution in [0.15, 0.2) is 30.3 Å². The van der Waals surface area contributed by atoms with Crippen molar-refractivity contribution in [3.63, 3.8) is 0 Å². The molecule has 5 nitrogen and oxygen atoms in total. The number of rotatable bonds is 23. The molecule has 38 heavy (non-hydrogen) atoms. The van der Waals surface area contributed by atoms with Gasteiger partial charge in [0, 0.05) is 0 Å². The van der Waals surface area contributed by atoms with Crippen molar-refractivity contribution in [2.45, 2.75) is 161 Å². The highest BCUT2D eigenvalue weighted by atomic mass is 16.6. The first kappa shape index (κ1) is 36.1. The molecule has 0 aliphatic carbocycles. The molecule has 220 valence electrons. The van der Waals surface area contributed by atoms with Crippen molar-refractivity contribution in [3.05, 3.63) is 35.9 Å². The Bertz CT molecular complexity index is 661. The zero-order valence-electron chi connectivity index (χ0n) is 24.8. The van der Waals surface area contributed by atoms with Crippen LogP contribution in [0, 0.1) is 0 Å². The number of benzene rings is 1. The van der Waals surface area contributed by atoms with Crippen molar-refractivity contribution in [2.75, 3.05) is 0 Å². The number of ether oxygens (including phenoxy) is 1. The molecule has 0 radical (unpaired) electrons. The topological polar surface area (TPSA) is 83.8 Å². The number of carboxylic acids is 1. The van der Waals surface area contributed by atoms with E-state index in [-0.39, 0.29) is 6.10 Å². The van der Waals surface area contributed by atoms with Crippen molar-refractivity contribution in [1.29, 1.82) is 0 Å². The Morgan fingerprint density at radius 2 is 1.08 bits per heavy atom. The van der Waals surface area contributed by atoms with Crippen molar-refractivity contribution in [2.24, 2.45) is 0 Å². The van der Waals surface area contributed by atoms with E-state index >= 15 is 0 Å². The van der Waals surface area contributed by atoms with E-state index in [1.807, 2.05) is 6.92 Å². The zero-order chi connectivity index (χ0) is 28.3. The smallest absolute Gasteiger partial charge is 0.335 e. The average molecular weight is 535 g/mol. The van der Waals surface area contributed by atoms with Crippen LogP contribution in [-0.4, -0.2) is 34.4 Å². The van der Waals surface area contributed by atoms with Gasteiger partial charge in [-0.15, -0.1) is 0 Å². The van der Waals surface area contributed by atoms with Gasteiger partial charge in [0.2, 0.25) is 0 Å². The highest BCUT2D eigenvalue weighted by molar-refractivity contribution is 5.87. The lowest BCUT2D eigenvalue weighted by atomic mass is 10.0. The number of esters is 1. The molecule has 0 bridgehead atoms. The number of aromatic carboxylic acids is 1. The molecule has 0 aliphatic heterocycles. The maximum absolute atomic E-state index is 12.0. The number of aliphatic hydroxyl groups excluding tert-OH is 1. The molecule has 0 aliphatic rings. The summed E-state index contributed by atoms with van der Waals surface area (Å²) in [6.45, 7) is 6.49. The Morgan fingerprint density at radius 1 is 0.658 bits per heavy atom. The van der Waals surface area contributed by atoms with E-state index in [4.69, 9.17) is 9.84 Å². The summed E-state index contributed by atoms with van der Waals surface area (Å²) < 4.78 is 5.49. The molecule has 1 rings (SSSR count). The normalized spacial score (nSPS) is 12.3. The fourth-order valence-corrected chi connectivity index (χ4v) is 4.44. The fraction of sp³-hybridized carbons (Fsp3) is 0.758. The van der Waals surface area contributed by atoms with Gasteiger partial charge in [0.15, 0.2) is 6.10 Å². The predicted octanol–water partition coefficient (Wildman–Crippen LogP) is 9.51. The van der Waals surface area contributed by atoms with Gasteiger partial charge in [-0.1, -0.05) is 142 Å². The van der Waals surface area contributed by atoms with Gasteiger partial charge in [-0.2, -0.15) is 0 Å². The maximum Gasteiger partial charge on any atom is 0.335 e. The molecule has 0 amide bonds. The summed E-state index contributed by atoms with van der Waals surface area (Å²) in [5.74, 6) is -1.29. The number of hydrogen-bond donors (Lipinski definition) is 2. The number of carboxylic acid groups (broad SMARTS) is 1. The van der Waals surface area contributed by atoms with E-state index in [1.54, 1.807) is 30.3 Å². The third kappa shape index (κ3) is 22.1. The third-order valence-corrected chi connectivity index (χ3v) is 6.99. The summed E-state index contributed by atoms with van der Waals surface area (Å²) in [4.78, 5) is 22.2. The van der Waals surface area contributed by atoms with E-state index in [0.717, 1.165) is 32.1 Å². The highest BCUT2D eigenvalue weighted by Gasteiger charge is 2.20. The summed E-state index contributed by atoms with van der Waals surface area (Å²) >= 11 is 0.